The lowest BCUT2D eigenvalue weighted by Gasteiger charge is -2.21. The van der Waals surface area contributed by atoms with Crippen LogP contribution in [0.2, 0.25) is 0 Å². The van der Waals surface area contributed by atoms with Crippen molar-refractivity contribution >= 4 is 18.4 Å². The van der Waals surface area contributed by atoms with Gasteiger partial charge in [0.15, 0.2) is 0 Å². The maximum atomic E-state index is 11.4. The fourth-order valence-electron chi connectivity index (χ4n) is 1.32. The third kappa shape index (κ3) is 2.49. The molecular formula is C8H14O2S. The molecule has 1 fully saturated rings. The summed E-state index contributed by atoms with van der Waals surface area (Å²) in [4.78, 5) is 11.4. The normalized spacial score (nSPS) is 23.1. The average molecular weight is 174 g/mol. The molecule has 0 amide bonds. The van der Waals surface area contributed by atoms with Gasteiger partial charge in [0, 0.05) is 19.1 Å². The van der Waals surface area contributed by atoms with Crippen molar-refractivity contribution in [1.29, 1.82) is 0 Å². The van der Waals surface area contributed by atoms with Crippen LogP contribution in [0.3, 0.4) is 0 Å². The maximum absolute atomic E-state index is 11.4. The summed E-state index contributed by atoms with van der Waals surface area (Å²) in [7, 11) is 0. The van der Waals surface area contributed by atoms with Crippen molar-refractivity contribution in [3.63, 3.8) is 0 Å². The molecule has 1 aliphatic rings. The molecule has 0 bridgehead atoms. The molecule has 1 aliphatic heterocycles. The first-order chi connectivity index (χ1) is 5.22. The first-order valence-corrected chi connectivity index (χ1v) is 4.53. The van der Waals surface area contributed by atoms with Crippen molar-refractivity contribution in [3.8, 4) is 0 Å². The second-order valence-electron chi connectivity index (χ2n) is 2.96. The second kappa shape index (κ2) is 4.12. The average Bonchev–Trinajstić information content (AvgIpc) is 2.05. The monoisotopic (exact) mass is 174 g/mol. The molecular weight excluding hydrogens is 160 g/mol. The van der Waals surface area contributed by atoms with Crippen LogP contribution in [-0.2, 0) is 9.53 Å². The molecule has 0 N–H and O–H groups in total. The van der Waals surface area contributed by atoms with E-state index in [0.29, 0.717) is 0 Å². The number of hydrogen-bond donors (Lipinski definition) is 1. The van der Waals surface area contributed by atoms with Crippen LogP contribution in [0.25, 0.3) is 0 Å². The smallest absolute Gasteiger partial charge is 0.148 e. The molecule has 1 rings (SSSR count). The highest BCUT2D eigenvalue weighted by molar-refractivity contribution is 7.81. The number of hydrogen-bond acceptors (Lipinski definition) is 3. The number of rotatable bonds is 2. The van der Waals surface area contributed by atoms with E-state index in [1.165, 1.54) is 0 Å². The highest BCUT2D eigenvalue weighted by Crippen LogP contribution is 2.18. The van der Waals surface area contributed by atoms with Gasteiger partial charge >= 0.3 is 0 Å². The van der Waals surface area contributed by atoms with E-state index in [1.807, 2.05) is 6.92 Å². The van der Waals surface area contributed by atoms with Crippen molar-refractivity contribution in [2.75, 3.05) is 13.2 Å². The highest BCUT2D eigenvalue weighted by atomic mass is 32.1. The zero-order chi connectivity index (χ0) is 8.27. The van der Waals surface area contributed by atoms with Gasteiger partial charge in [-0.15, -0.1) is 0 Å². The molecule has 11 heavy (non-hydrogen) atoms. The summed E-state index contributed by atoms with van der Waals surface area (Å²) in [5.41, 5.74) is 0. The zero-order valence-electron chi connectivity index (χ0n) is 6.75. The zero-order valence-corrected chi connectivity index (χ0v) is 7.64. The lowest BCUT2D eigenvalue weighted by Crippen LogP contribution is -2.28. The fraction of sp³-hybridized carbons (Fsp3) is 0.875. The molecule has 2 nitrogen and oxygen atoms in total. The molecule has 64 valence electrons. The van der Waals surface area contributed by atoms with Gasteiger partial charge < -0.3 is 4.74 Å². The molecule has 0 saturated carbocycles. The fourth-order valence-corrected chi connectivity index (χ4v) is 1.53. The third-order valence-corrected chi connectivity index (χ3v) is 2.29. The predicted octanol–water partition coefficient (Wildman–Crippen LogP) is 1.30. The third-order valence-electron chi connectivity index (χ3n) is 2.04. The summed E-state index contributed by atoms with van der Waals surface area (Å²) in [5, 5.41) is -0.113. The van der Waals surface area contributed by atoms with Gasteiger partial charge in [-0.05, 0) is 19.8 Å². The number of thiol groups is 1. The Balaban J connectivity index is 2.39. The number of ether oxygens (including phenoxy) is 1. The minimum Gasteiger partial charge on any atom is -0.381 e. The predicted molar refractivity (Wildman–Crippen MR) is 47.0 cm³/mol. The highest BCUT2D eigenvalue weighted by Gasteiger charge is 2.23. The van der Waals surface area contributed by atoms with Crippen molar-refractivity contribution in [2.24, 2.45) is 5.92 Å². The molecule has 0 aliphatic carbocycles. The molecule has 0 aromatic carbocycles. The molecule has 1 heterocycles. The van der Waals surface area contributed by atoms with E-state index < -0.39 is 0 Å². The van der Waals surface area contributed by atoms with Gasteiger partial charge in [-0.1, -0.05) is 0 Å². The Morgan fingerprint density at radius 3 is 2.55 bits per heavy atom. The van der Waals surface area contributed by atoms with Crippen molar-refractivity contribution in [1.82, 2.24) is 0 Å². The topological polar surface area (TPSA) is 26.3 Å². The Labute approximate surface area is 72.7 Å². The van der Waals surface area contributed by atoms with Crippen LogP contribution in [0.1, 0.15) is 19.8 Å². The van der Waals surface area contributed by atoms with Crippen molar-refractivity contribution in [2.45, 2.75) is 25.0 Å². The molecule has 0 radical (unpaired) electrons. The van der Waals surface area contributed by atoms with Crippen LogP contribution < -0.4 is 0 Å². The van der Waals surface area contributed by atoms with Gasteiger partial charge in [-0.25, -0.2) is 0 Å². The van der Waals surface area contributed by atoms with E-state index in [0.717, 1.165) is 26.1 Å². The SMILES string of the molecule is CC(S)C(=O)C1CCOCC1. The summed E-state index contributed by atoms with van der Waals surface area (Å²) in [6.45, 7) is 3.30. The molecule has 1 saturated heterocycles. The van der Waals surface area contributed by atoms with E-state index in [1.54, 1.807) is 0 Å². The molecule has 1 atom stereocenters. The van der Waals surface area contributed by atoms with Crippen LogP contribution in [0.5, 0.6) is 0 Å². The Kier molecular flexibility index (Phi) is 3.40. The van der Waals surface area contributed by atoms with Gasteiger partial charge in [0.05, 0.1) is 5.25 Å². The van der Waals surface area contributed by atoms with E-state index in [4.69, 9.17) is 4.74 Å². The van der Waals surface area contributed by atoms with Crippen molar-refractivity contribution < 1.29 is 9.53 Å². The van der Waals surface area contributed by atoms with Crippen molar-refractivity contribution in [3.05, 3.63) is 0 Å². The van der Waals surface area contributed by atoms with Crippen LogP contribution in [0.15, 0.2) is 0 Å². The molecule has 0 aromatic heterocycles. The van der Waals surface area contributed by atoms with Gasteiger partial charge in [0.2, 0.25) is 0 Å². The van der Waals surface area contributed by atoms with Gasteiger partial charge in [-0.3, -0.25) is 4.79 Å². The standard InChI is InChI=1S/C8H14O2S/c1-6(11)8(9)7-2-4-10-5-3-7/h6-7,11H,2-5H2,1H3. The second-order valence-corrected chi connectivity index (χ2v) is 3.74. The minimum atomic E-state index is -0.113. The first kappa shape index (κ1) is 9.07. The molecule has 0 spiro atoms. The number of Topliss-reactive ketones (excluding diaryl/α,β-unsaturated/α-hetero) is 1. The summed E-state index contributed by atoms with van der Waals surface area (Å²) in [6.07, 6.45) is 1.76. The van der Waals surface area contributed by atoms with Crippen LogP contribution >= 0.6 is 12.6 Å². The Bertz CT molecular complexity index is 139. The number of ketones is 1. The van der Waals surface area contributed by atoms with Crippen LogP contribution in [0, 0.1) is 5.92 Å². The largest absolute Gasteiger partial charge is 0.381 e. The summed E-state index contributed by atoms with van der Waals surface area (Å²) >= 11 is 4.11. The lowest BCUT2D eigenvalue weighted by atomic mass is 9.94. The molecule has 0 aromatic rings. The van der Waals surface area contributed by atoms with E-state index in [2.05, 4.69) is 12.6 Å². The van der Waals surface area contributed by atoms with E-state index >= 15 is 0 Å². The van der Waals surface area contributed by atoms with E-state index in [-0.39, 0.29) is 17.0 Å². The first-order valence-electron chi connectivity index (χ1n) is 4.01. The van der Waals surface area contributed by atoms with Crippen LogP contribution in [0.4, 0.5) is 0 Å². The lowest BCUT2D eigenvalue weighted by molar-refractivity contribution is -0.124. The molecule has 1 unspecified atom stereocenters. The Hall–Kier alpha value is -0.0200. The Morgan fingerprint density at radius 2 is 2.09 bits per heavy atom. The number of carbonyl (C=O) groups excluding carboxylic acids is 1. The van der Waals surface area contributed by atoms with Gasteiger partial charge in [-0.2, -0.15) is 12.6 Å². The quantitative estimate of drug-likeness (QED) is 0.639. The maximum Gasteiger partial charge on any atom is 0.148 e. The number of carbonyl (C=O) groups is 1. The van der Waals surface area contributed by atoms with Gasteiger partial charge in [0.1, 0.15) is 5.78 Å². The molecule has 3 heteroatoms. The summed E-state index contributed by atoms with van der Waals surface area (Å²) in [5.74, 6) is 0.480. The summed E-state index contributed by atoms with van der Waals surface area (Å²) in [6, 6.07) is 0. The Morgan fingerprint density at radius 1 is 1.55 bits per heavy atom. The summed E-state index contributed by atoms with van der Waals surface area (Å²) < 4.78 is 5.15. The van der Waals surface area contributed by atoms with Crippen LogP contribution in [-0.4, -0.2) is 24.2 Å². The van der Waals surface area contributed by atoms with E-state index in [9.17, 15) is 4.79 Å². The van der Waals surface area contributed by atoms with Gasteiger partial charge in [0.25, 0.3) is 0 Å². The minimum absolute atomic E-state index is 0.113.